The van der Waals surface area contributed by atoms with Crippen LogP contribution in [0, 0.1) is 0 Å². The van der Waals surface area contributed by atoms with Gasteiger partial charge in [-0.2, -0.15) is 0 Å². The Morgan fingerprint density at radius 1 is 1.11 bits per heavy atom. The van der Waals surface area contributed by atoms with Gasteiger partial charge in [-0.3, -0.25) is 4.79 Å². The summed E-state index contributed by atoms with van der Waals surface area (Å²) in [4.78, 5) is 21.5. The second-order valence-electron chi connectivity index (χ2n) is 4.59. The summed E-state index contributed by atoms with van der Waals surface area (Å²) in [6.07, 6.45) is 1.12. The van der Waals surface area contributed by atoms with Gasteiger partial charge in [-0.05, 0) is 27.7 Å². The first-order valence-electron chi connectivity index (χ1n) is 6.69. The molecule has 0 spiro atoms. The van der Waals surface area contributed by atoms with Crippen LogP contribution in [0.25, 0.3) is 0 Å². The van der Waals surface area contributed by atoms with Crippen LogP contribution in [0.15, 0.2) is 0 Å². The van der Waals surface area contributed by atoms with Crippen molar-refractivity contribution < 1.29 is 14.3 Å². The number of rotatable bonds is 3. The van der Waals surface area contributed by atoms with E-state index in [4.69, 9.17) is 4.74 Å². The largest absolute Gasteiger partial charge is 0.444 e. The second kappa shape index (κ2) is 14.0. The number of nitrogens with one attached hydrogen (secondary N) is 1. The fourth-order valence-electron chi connectivity index (χ4n) is 0.655. The minimum Gasteiger partial charge on any atom is -0.444 e. The molecule has 0 aliphatic carbocycles. The van der Waals surface area contributed by atoms with Crippen molar-refractivity contribution in [3.05, 3.63) is 0 Å². The molecule has 0 aromatic heterocycles. The summed E-state index contributed by atoms with van der Waals surface area (Å²) in [6, 6.07) is 0. The number of hydrogen-bond donors (Lipinski definition) is 1. The summed E-state index contributed by atoms with van der Waals surface area (Å²) in [5, 5.41) is 2.49. The molecule has 1 N–H and O–H groups in total. The van der Waals surface area contributed by atoms with E-state index in [0.29, 0.717) is 13.0 Å². The zero-order valence-corrected chi connectivity index (χ0v) is 13.3. The predicted molar refractivity (Wildman–Crippen MR) is 76.8 cm³/mol. The van der Waals surface area contributed by atoms with E-state index < -0.39 is 11.7 Å². The Bertz CT molecular complexity index is 208. The molecule has 0 radical (unpaired) electrons. The minimum absolute atomic E-state index is 0.0519. The molecule has 4 nitrogen and oxygen atoms in total. The lowest BCUT2D eigenvalue weighted by Crippen LogP contribution is -2.33. The molecular weight excluding hydrogens is 230 g/mol. The number of carbonyl (C=O) groups excluding carboxylic acids is 2. The first-order valence-corrected chi connectivity index (χ1v) is 6.69. The number of amides is 1. The first-order chi connectivity index (χ1) is 8.22. The van der Waals surface area contributed by atoms with E-state index in [1.165, 1.54) is 13.3 Å². The highest BCUT2D eigenvalue weighted by Crippen LogP contribution is 2.06. The van der Waals surface area contributed by atoms with Crippen molar-refractivity contribution in [2.24, 2.45) is 0 Å². The van der Waals surface area contributed by atoms with E-state index in [2.05, 4.69) is 19.2 Å². The van der Waals surface area contributed by atoms with Gasteiger partial charge in [0, 0.05) is 13.0 Å². The maximum absolute atomic E-state index is 11.0. The molecule has 1 amide bonds. The van der Waals surface area contributed by atoms with E-state index in [1.807, 2.05) is 13.8 Å². The first kappa shape index (κ1) is 22.1. The molecule has 0 unspecified atom stereocenters. The highest BCUT2D eigenvalue weighted by molar-refractivity contribution is 5.76. The Kier molecular flexibility index (Phi) is 17.2. The normalized spacial score (nSPS) is 9.11. The lowest BCUT2D eigenvalue weighted by atomic mass is 10.2. The van der Waals surface area contributed by atoms with E-state index >= 15 is 0 Å². The molecule has 18 heavy (non-hydrogen) atoms. The van der Waals surface area contributed by atoms with Crippen molar-refractivity contribution in [2.75, 3.05) is 6.54 Å². The van der Waals surface area contributed by atoms with Crippen molar-refractivity contribution in [1.82, 2.24) is 5.32 Å². The number of carbonyl (C=O) groups is 2. The summed E-state index contributed by atoms with van der Waals surface area (Å²) in [6.45, 7) is 15.4. The standard InChI is InChI=1S/C9H17NO3.C3H8.C2H6/c1-7(11)5-6-10-8(12)13-9(2,3)4;1-3-2;1-2/h5-6H2,1-4H3,(H,10,12);3H2,1-2H3;1-2H3. The Morgan fingerprint density at radius 3 is 1.78 bits per heavy atom. The fourth-order valence-corrected chi connectivity index (χ4v) is 0.655. The van der Waals surface area contributed by atoms with E-state index in [-0.39, 0.29) is 5.78 Å². The van der Waals surface area contributed by atoms with Gasteiger partial charge < -0.3 is 10.1 Å². The van der Waals surface area contributed by atoms with Gasteiger partial charge in [0.05, 0.1) is 0 Å². The lowest BCUT2D eigenvalue weighted by molar-refractivity contribution is -0.116. The average Bonchev–Trinajstić information content (AvgIpc) is 2.18. The van der Waals surface area contributed by atoms with Crippen LogP contribution in [-0.4, -0.2) is 24.0 Å². The third-order valence-electron chi connectivity index (χ3n) is 1.15. The van der Waals surface area contributed by atoms with Crippen LogP contribution in [0.2, 0.25) is 0 Å². The van der Waals surface area contributed by atoms with Crippen LogP contribution in [0.5, 0.6) is 0 Å². The Hall–Kier alpha value is -1.06. The zero-order chi connectivity index (χ0) is 15.2. The van der Waals surface area contributed by atoms with Gasteiger partial charge >= 0.3 is 6.09 Å². The van der Waals surface area contributed by atoms with Gasteiger partial charge in [0.15, 0.2) is 0 Å². The van der Waals surface area contributed by atoms with Gasteiger partial charge in [-0.1, -0.05) is 34.1 Å². The van der Waals surface area contributed by atoms with Crippen molar-refractivity contribution in [1.29, 1.82) is 0 Å². The number of hydrogen-bond acceptors (Lipinski definition) is 3. The van der Waals surface area contributed by atoms with Crippen molar-refractivity contribution in [2.45, 2.75) is 73.8 Å². The highest BCUT2D eigenvalue weighted by atomic mass is 16.6. The predicted octanol–water partition coefficient (Wildman–Crippen LogP) is 3.93. The van der Waals surface area contributed by atoms with Crippen molar-refractivity contribution >= 4 is 11.9 Å². The number of Topliss-reactive ketones (excluding diaryl/α,β-unsaturated/α-hetero) is 1. The smallest absolute Gasteiger partial charge is 0.407 e. The molecule has 0 aliphatic heterocycles. The molecule has 110 valence electrons. The molecule has 0 rings (SSSR count). The van der Waals surface area contributed by atoms with Crippen LogP contribution in [-0.2, 0) is 9.53 Å². The van der Waals surface area contributed by atoms with Crippen molar-refractivity contribution in [3.63, 3.8) is 0 Å². The van der Waals surface area contributed by atoms with E-state index in [9.17, 15) is 9.59 Å². The summed E-state index contributed by atoms with van der Waals surface area (Å²) in [5.74, 6) is 0.0519. The van der Waals surface area contributed by atoms with Gasteiger partial charge in [0.1, 0.15) is 11.4 Å². The third-order valence-corrected chi connectivity index (χ3v) is 1.15. The topological polar surface area (TPSA) is 55.4 Å². The number of ether oxygens (including phenoxy) is 1. The molecule has 0 saturated carbocycles. The average molecular weight is 261 g/mol. The third kappa shape index (κ3) is 29.4. The summed E-state index contributed by atoms with van der Waals surface area (Å²) >= 11 is 0. The van der Waals surface area contributed by atoms with Crippen LogP contribution in [0.4, 0.5) is 4.79 Å². The molecular formula is C14H31NO3. The summed E-state index contributed by atoms with van der Waals surface area (Å²) in [5.41, 5.74) is -0.486. The molecule has 0 bridgehead atoms. The second-order valence-corrected chi connectivity index (χ2v) is 4.59. The van der Waals surface area contributed by atoms with Gasteiger partial charge in [0.25, 0.3) is 0 Å². The molecule has 0 saturated heterocycles. The lowest BCUT2D eigenvalue weighted by Gasteiger charge is -2.19. The Balaban J connectivity index is -0.000000389. The van der Waals surface area contributed by atoms with Gasteiger partial charge in [0.2, 0.25) is 0 Å². The Labute approximate surface area is 112 Å². The minimum atomic E-state index is -0.486. The fraction of sp³-hybridized carbons (Fsp3) is 0.857. The number of ketones is 1. The maximum Gasteiger partial charge on any atom is 0.407 e. The van der Waals surface area contributed by atoms with E-state index in [0.717, 1.165) is 0 Å². The molecule has 0 aliphatic rings. The molecule has 0 fully saturated rings. The monoisotopic (exact) mass is 261 g/mol. The van der Waals surface area contributed by atoms with Gasteiger partial charge in [-0.15, -0.1) is 0 Å². The van der Waals surface area contributed by atoms with Crippen LogP contribution in [0.3, 0.4) is 0 Å². The quantitative estimate of drug-likeness (QED) is 0.837. The molecule has 0 heterocycles. The maximum atomic E-state index is 11.0. The van der Waals surface area contributed by atoms with Crippen LogP contribution < -0.4 is 5.32 Å². The van der Waals surface area contributed by atoms with Crippen LogP contribution >= 0.6 is 0 Å². The molecule has 0 aromatic carbocycles. The van der Waals surface area contributed by atoms with Crippen LogP contribution in [0.1, 0.15) is 68.2 Å². The Morgan fingerprint density at radius 2 is 1.50 bits per heavy atom. The van der Waals surface area contributed by atoms with E-state index in [1.54, 1.807) is 20.8 Å². The molecule has 4 heteroatoms. The molecule has 0 atom stereocenters. The van der Waals surface area contributed by atoms with Crippen molar-refractivity contribution in [3.8, 4) is 0 Å². The summed E-state index contributed by atoms with van der Waals surface area (Å²) < 4.78 is 4.96. The SMILES string of the molecule is CC.CC(=O)CCNC(=O)OC(C)(C)C.CCC. The van der Waals surface area contributed by atoms with Gasteiger partial charge in [-0.25, -0.2) is 4.79 Å². The highest BCUT2D eigenvalue weighted by Gasteiger charge is 2.15. The number of alkyl carbamates (subject to hydrolysis) is 1. The molecule has 0 aromatic rings. The summed E-state index contributed by atoms with van der Waals surface area (Å²) in [7, 11) is 0. The zero-order valence-electron chi connectivity index (χ0n) is 13.3.